The van der Waals surface area contributed by atoms with Gasteiger partial charge in [0.05, 0.1) is 11.9 Å². The van der Waals surface area contributed by atoms with Crippen LogP contribution < -0.4 is 9.62 Å². The van der Waals surface area contributed by atoms with E-state index in [1.165, 1.54) is 29.2 Å². The normalized spacial score (nSPS) is 12.2. The Labute approximate surface area is 195 Å². The maximum atomic E-state index is 13.4. The summed E-state index contributed by atoms with van der Waals surface area (Å²) in [6.07, 6.45) is 2.57. The predicted molar refractivity (Wildman–Crippen MR) is 128 cm³/mol. The van der Waals surface area contributed by atoms with Crippen LogP contribution in [0.1, 0.15) is 38.3 Å². The number of amides is 2. The fourth-order valence-corrected chi connectivity index (χ4v) is 4.13. The van der Waals surface area contributed by atoms with Crippen molar-refractivity contribution < 1.29 is 22.4 Å². The first-order valence-electron chi connectivity index (χ1n) is 10.9. The topological polar surface area (TPSA) is 86.8 Å². The predicted octanol–water partition coefficient (Wildman–Crippen LogP) is 3.10. The van der Waals surface area contributed by atoms with Crippen molar-refractivity contribution in [2.75, 3.05) is 23.7 Å². The summed E-state index contributed by atoms with van der Waals surface area (Å²) < 4.78 is 39.4. The van der Waals surface area contributed by atoms with E-state index in [1.807, 2.05) is 26.0 Å². The van der Waals surface area contributed by atoms with Crippen LogP contribution in [0.2, 0.25) is 0 Å². The molecule has 0 spiro atoms. The summed E-state index contributed by atoms with van der Waals surface area (Å²) in [5.41, 5.74) is 2.03. The molecule has 180 valence electrons. The van der Waals surface area contributed by atoms with E-state index in [4.69, 9.17) is 0 Å². The fourth-order valence-electron chi connectivity index (χ4n) is 3.28. The van der Waals surface area contributed by atoms with Crippen molar-refractivity contribution in [2.45, 2.75) is 46.2 Å². The van der Waals surface area contributed by atoms with Crippen molar-refractivity contribution >= 4 is 27.5 Å². The maximum absolute atomic E-state index is 13.4. The molecule has 2 rings (SSSR count). The molecular weight excluding hydrogens is 445 g/mol. The minimum absolute atomic E-state index is 0.0339. The Hall–Kier alpha value is -2.94. The third-order valence-electron chi connectivity index (χ3n) is 5.29. The molecule has 0 aliphatic heterocycles. The van der Waals surface area contributed by atoms with Gasteiger partial charge in [-0.25, -0.2) is 12.8 Å². The van der Waals surface area contributed by atoms with Gasteiger partial charge < -0.3 is 10.2 Å². The van der Waals surface area contributed by atoms with Crippen LogP contribution in [0.25, 0.3) is 0 Å². The van der Waals surface area contributed by atoms with Crippen LogP contribution in [-0.4, -0.2) is 50.5 Å². The SMILES string of the molecule is CCCNC(=O)[C@@H](C)N(Cc1ccc(F)cc1)C(=O)CN(c1ccc(CC)cc1)S(C)(=O)=O. The first-order valence-corrected chi connectivity index (χ1v) is 12.8. The molecule has 0 aliphatic rings. The van der Waals surface area contributed by atoms with Crippen LogP contribution in [-0.2, 0) is 32.6 Å². The summed E-state index contributed by atoms with van der Waals surface area (Å²) in [5.74, 6) is -1.29. The number of sulfonamides is 1. The number of benzene rings is 2. The van der Waals surface area contributed by atoms with Crippen molar-refractivity contribution in [1.82, 2.24) is 10.2 Å². The number of nitrogens with one attached hydrogen (secondary N) is 1. The molecule has 7 nitrogen and oxygen atoms in total. The number of nitrogens with zero attached hydrogens (tertiary/aromatic N) is 2. The summed E-state index contributed by atoms with van der Waals surface area (Å²) in [6, 6.07) is 11.7. The van der Waals surface area contributed by atoms with Crippen LogP contribution >= 0.6 is 0 Å². The van der Waals surface area contributed by atoms with E-state index >= 15 is 0 Å². The Balaban J connectivity index is 2.34. The molecule has 0 aromatic heterocycles. The summed E-state index contributed by atoms with van der Waals surface area (Å²) in [5, 5.41) is 2.77. The van der Waals surface area contributed by atoms with Crippen molar-refractivity contribution in [3.63, 3.8) is 0 Å². The molecule has 0 bridgehead atoms. The van der Waals surface area contributed by atoms with Crippen LogP contribution in [0.4, 0.5) is 10.1 Å². The molecule has 0 radical (unpaired) electrons. The summed E-state index contributed by atoms with van der Waals surface area (Å²) >= 11 is 0. The third kappa shape index (κ3) is 7.56. The molecule has 0 fully saturated rings. The van der Waals surface area contributed by atoms with Crippen LogP contribution in [0.5, 0.6) is 0 Å². The number of rotatable bonds is 11. The zero-order valence-corrected chi connectivity index (χ0v) is 20.4. The van der Waals surface area contributed by atoms with Crippen molar-refractivity contribution in [3.8, 4) is 0 Å². The second-order valence-electron chi connectivity index (χ2n) is 7.90. The first kappa shape index (κ1) is 26.3. The van der Waals surface area contributed by atoms with Crippen molar-refractivity contribution in [1.29, 1.82) is 0 Å². The number of carbonyl (C=O) groups is 2. The molecule has 0 heterocycles. The minimum Gasteiger partial charge on any atom is -0.354 e. The van der Waals surface area contributed by atoms with Crippen LogP contribution in [0, 0.1) is 5.82 Å². The lowest BCUT2D eigenvalue weighted by atomic mass is 10.1. The highest BCUT2D eigenvalue weighted by Gasteiger charge is 2.30. The van der Waals surface area contributed by atoms with E-state index in [-0.39, 0.29) is 12.5 Å². The van der Waals surface area contributed by atoms with E-state index in [0.29, 0.717) is 17.8 Å². The van der Waals surface area contributed by atoms with Crippen LogP contribution in [0.15, 0.2) is 48.5 Å². The smallest absolute Gasteiger partial charge is 0.244 e. The van der Waals surface area contributed by atoms with Crippen molar-refractivity contribution in [2.24, 2.45) is 0 Å². The number of aryl methyl sites for hydroxylation is 1. The monoisotopic (exact) mass is 477 g/mol. The Morgan fingerprint density at radius 2 is 1.58 bits per heavy atom. The number of anilines is 1. The largest absolute Gasteiger partial charge is 0.354 e. The average Bonchev–Trinajstić information content (AvgIpc) is 2.79. The Bertz CT molecular complexity index is 1040. The van der Waals surface area contributed by atoms with Gasteiger partial charge in [-0.05, 0) is 55.2 Å². The molecule has 1 N–H and O–H groups in total. The van der Waals surface area contributed by atoms with E-state index in [9.17, 15) is 22.4 Å². The Kier molecular flexibility index (Phi) is 9.40. The molecule has 1 atom stereocenters. The van der Waals surface area contributed by atoms with Gasteiger partial charge in [0.25, 0.3) is 0 Å². The van der Waals surface area contributed by atoms with Gasteiger partial charge in [0.15, 0.2) is 0 Å². The Morgan fingerprint density at radius 3 is 2.09 bits per heavy atom. The molecule has 2 aromatic rings. The lowest BCUT2D eigenvalue weighted by Gasteiger charge is -2.31. The zero-order valence-electron chi connectivity index (χ0n) is 19.5. The highest BCUT2D eigenvalue weighted by molar-refractivity contribution is 7.92. The molecule has 33 heavy (non-hydrogen) atoms. The van der Waals surface area contributed by atoms with Gasteiger partial charge in [-0.15, -0.1) is 0 Å². The van der Waals surface area contributed by atoms with Crippen molar-refractivity contribution in [3.05, 3.63) is 65.5 Å². The van der Waals surface area contributed by atoms with E-state index in [2.05, 4.69) is 5.32 Å². The number of carbonyl (C=O) groups excluding carboxylic acids is 2. The van der Waals surface area contributed by atoms with Gasteiger partial charge in [-0.3, -0.25) is 13.9 Å². The van der Waals surface area contributed by atoms with Gasteiger partial charge in [0.1, 0.15) is 18.4 Å². The summed E-state index contributed by atoms with van der Waals surface area (Å²) in [6.45, 7) is 5.53. The molecule has 2 amide bonds. The lowest BCUT2D eigenvalue weighted by molar-refractivity contribution is -0.139. The van der Waals surface area contributed by atoms with Gasteiger partial charge in [-0.2, -0.15) is 0 Å². The molecule has 0 aliphatic carbocycles. The minimum atomic E-state index is -3.77. The maximum Gasteiger partial charge on any atom is 0.244 e. The number of halogens is 1. The number of hydrogen-bond acceptors (Lipinski definition) is 4. The van der Waals surface area contributed by atoms with Gasteiger partial charge in [0, 0.05) is 13.1 Å². The first-order chi connectivity index (χ1) is 15.6. The quantitative estimate of drug-likeness (QED) is 0.539. The summed E-state index contributed by atoms with van der Waals surface area (Å²) in [7, 11) is -3.77. The highest BCUT2D eigenvalue weighted by atomic mass is 32.2. The molecule has 0 unspecified atom stereocenters. The lowest BCUT2D eigenvalue weighted by Crippen LogP contribution is -2.51. The second kappa shape index (κ2) is 11.8. The fraction of sp³-hybridized carbons (Fsp3) is 0.417. The number of hydrogen-bond donors (Lipinski definition) is 1. The van der Waals surface area contributed by atoms with E-state index in [1.54, 1.807) is 19.1 Å². The Morgan fingerprint density at radius 1 is 1.00 bits per heavy atom. The third-order valence-corrected chi connectivity index (χ3v) is 6.44. The molecule has 9 heteroatoms. The molecule has 0 saturated heterocycles. The summed E-state index contributed by atoms with van der Waals surface area (Å²) in [4.78, 5) is 27.3. The van der Waals surface area contributed by atoms with Gasteiger partial charge in [0.2, 0.25) is 21.8 Å². The van der Waals surface area contributed by atoms with Gasteiger partial charge in [-0.1, -0.05) is 38.1 Å². The standard InChI is InChI=1S/C24H32FN3O4S/c1-5-15-26-24(30)18(3)27(16-20-7-11-21(25)12-8-20)23(29)17-28(33(4,31)32)22-13-9-19(6-2)10-14-22/h7-14,18H,5-6,15-17H2,1-4H3,(H,26,30)/t18-/m1/s1. The molecule has 2 aromatic carbocycles. The van der Waals surface area contributed by atoms with Gasteiger partial charge >= 0.3 is 0 Å². The van der Waals surface area contributed by atoms with E-state index < -0.39 is 34.3 Å². The molecular formula is C24H32FN3O4S. The highest BCUT2D eigenvalue weighted by Crippen LogP contribution is 2.20. The average molecular weight is 478 g/mol. The zero-order chi connectivity index (χ0) is 24.6. The second-order valence-corrected chi connectivity index (χ2v) is 9.81. The molecule has 0 saturated carbocycles. The van der Waals surface area contributed by atoms with E-state index in [0.717, 1.165) is 29.0 Å². The van der Waals surface area contributed by atoms with Crippen LogP contribution in [0.3, 0.4) is 0 Å².